The number of carbonyl (C=O) groups excluding carboxylic acids is 1. The first kappa shape index (κ1) is 43.2. The Morgan fingerprint density at radius 1 is 0.810 bits per heavy atom. The molecule has 0 unspecified atom stereocenters. The molecule has 1 saturated heterocycles. The fourth-order valence-electron chi connectivity index (χ4n) is 5.92. The number of amides is 1. The second-order valence-electron chi connectivity index (χ2n) is 13.3. The van der Waals surface area contributed by atoms with Gasteiger partial charge in [-0.3, -0.25) is 9.69 Å². The molecule has 0 bridgehead atoms. The lowest BCUT2D eigenvalue weighted by atomic mass is 10.1. The summed E-state index contributed by atoms with van der Waals surface area (Å²) in [6.45, 7) is 8.35. The lowest BCUT2D eigenvalue weighted by Crippen LogP contribution is -2.48. The Kier molecular flexibility index (Phi) is 15.6. The molecule has 1 aromatic heterocycles. The fourth-order valence-corrected chi connectivity index (χ4v) is 6.42. The number of piperazine rings is 1. The van der Waals surface area contributed by atoms with Crippen LogP contribution in [0, 0.1) is 12.7 Å². The van der Waals surface area contributed by atoms with Crippen molar-refractivity contribution < 1.29 is 43.2 Å². The summed E-state index contributed by atoms with van der Waals surface area (Å²) >= 11 is 12.9. The summed E-state index contributed by atoms with van der Waals surface area (Å²) in [6, 6.07) is 29.4. The number of hydrogen-bond donors (Lipinski definition) is 2. The molecule has 4 aromatic carbocycles. The number of halogens is 3. The van der Waals surface area contributed by atoms with Gasteiger partial charge in [0, 0.05) is 61.4 Å². The molecular formula is C44H42Cl2FN3O8. The minimum atomic E-state index is -1.82. The van der Waals surface area contributed by atoms with Crippen molar-refractivity contribution in [1.82, 2.24) is 14.8 Å². The lowest BCUT2D eigenvalue weighted by Gasteiger charge is -2.35. The third-order valence-corrected chi connectivity index (χ3v) is 9.63. The van der Waals surface area contributed by atoms with Crippen molar-refractivity contribution in [2.75, 3.05) is 32.8 Å². The number of carboxylic acid groups (broad SMARTS) is 2. The third-order valence-electron chi connectivity index (χ3n) is 8.98. The van der Waals surface area contributed by atoms with Gasteiger partial charge in [-0.15, -0.1) is 0 Å². The average Bonchev–Trinajstić information content (AvgIpc) is 3.21. The summed E-state index contributed by atoms with van der Waals surface area (Å²) < 4.78 is 30.7. The van der Waals surface area contributed by atoms with Crippen LogP contribution >= 0.6 is 23.2 Å². The van der Waals surface area contributed by atoms with Gasteiger partial charge in [0.2, 0.25) is 11.8 Å². The van der Waals surface area contributed by atoms with Gasteiger partial charge in [-0.25, -0.2) is 19.0 Å². The number of benzene rings is 4. The van der Waals surface area contributed by atoms with E-state index in [2.05, 4.69) is 34.1 Å². The van der Waals surface area contributed by atoms with Crippen LogP contribution < -0.4 is 14.2 Å². The van der Waals surface area contributed by atoms with Crippen LogP contribution in [0.5, 0.6) is 23.1 Å². The van der Waals surface area contributed by atoms with Crippen molar-refractivity contribution in [2.24, 2.45) is 0 Å². The zero-order chi connectivity index (χ0) is 41.6. The van der Waals surface area contributed by atoms with E-state index in [0.29, 0.717) is 65.1 Å². The van der Waals surface area contributed by atoms with Crippen LogP contribution in [0.1, 0.15) is 34.7 Å². The Hall–Kier alpha value is -5.95. The maximum absolute atomic E-state index is 13.4. The maximum Gasteiger partial charge on any atom is 0.414 e. The first-order chi connectivity index (χ1) is 27.8. The van der Waals surface area contributed by atoms with Gasteiger partial charge in [-0.05, 0) is 90.7 Å². The zero-order valence-electron chi connectivity index (χ0n) is 31.9. The highest BCUT2D eigenvalue weighted by molar-refractivity contribution is 6.32. The summed E-state index contributed by atoms with van der Waals surface area (Å²) in [5.41, 5.74) is 5.58. The van der Waals surface area contributed by atoms with E-state index >= 15 is 0 Å². The number of carbonyl (C=O) groups is 3. The van der Waals surface area contributed by atoms with Crippen molar-refractivity contribution in [3.8, 4) is 23.1 Å². The van der Waals surface area contributed by atoms with Crippen molar-refractivity contribution in [2.45, 2.75) is 33.4 Å². The Morgan fingerprint density at radius 3 is 2.09 bits per heavy atom. The van der Waals surface area contributed by atoms with E-state index < -0.39 is 11.9 Å². The first-order valence-corrected chi connectivity index (χ1v) is 19.0. The molecule has 1 aliphatic rings. The number of ether oxygens (including phenoxy) is 3. The van der Waals surface area contributed by atoms with Crippen molar-refractivity contribution in [3.05, 3.63) is 153 Å². The number of aliphatic carboxylic acids is 2. The predicted molar refractivity (Wildman–Crippen MR) is 219 cm³/mol. The topological polar surface area (TPSA) is 139 Å². The van der Waals surface area contributed by atoms with Crippen LogP contribution in [0.2, 0.25) is 10.0 Å². The number of carboxylic acids is 2. The summed E-state index contributed by atoms with van der Waals surface area (Å²) in [5.74, 6) is -1.77. The van der Waals surface area contributed by atoms with Crippen molar-refractivity contribution in [1.29, 1.82) is 0 Å². The summed E-state index contributed by atoms with van der Waals surface area (Å²) in [7, 11) is 0. The minimum absolute atomic E-state index is 0.0157. The number of aromatic nitrogens is 1. The molecule has 0 spiro atoms. The van der Waals surface area contributed by atoms with Crippen LogP contribution in [-0.4, -0.2) is 75.6 Å². The van der Waals surface area contributed by atoms with Crippen LogP contribution in [-0.2, 0) is 34.0 Å². The Morgan fingerprint density at radius 2 is 1.47 bits per heavy atom. The largest absolute Gasteiger partial charge is 0.493 e. The molecule has 6 rings (SSSR count). The highest BCUT2D eigenvalue weighted by Crippen LogP contribution is 2.34. The van der Waals surface area contributed by atoms with Crippen molar-refractivity contribution >= 4 is 47.1 Å². The van der Waals surface area contributed by atoms with E-state index in [1.807, 2.05) is 55.2 Å². The molecule has 1 fully saturated rings. The molecule has 2 N–H and O–H groups in total. The molecule has 14 heteroatoms. The molecular weight excluding hydrogens is 788 g/mol. The van der Waals surface area contributed by atoms with Crippen LogP contribution in [0.15, 0.2) is 109 Å². The average molecular weight is 831 g/mol. The van der Waals surface area contributed by atoms with Gasteiger partial charge in [-0.1, -0.05) is 65.7 Å². The lowest BCUT2D eigenvalue weighted by molar-refractivity contribution is -0.159. The van der Waals surface area contributed by atoms with Crippen molar-refractivity contribution in [3.63, 3.8) is 0 Å². The van der Waals surface area contributed by atoms with Crippen LogP contribution in [0.4, 0.5) is 4.39 Å². The smallest absolute Gasteiger partial charge is 0.414 e. The molecule has 0 atom stereocenters. The van der Waals surface area contributed by atoms with E-state index in [0.717, 1.165) is 42.7 Å². The number of nitrogens with zero attached hydrogens (tertiary/aromatic N) is 3. The van der Waals surface area contributed by atoms with E-state index in [9.17, 15) is 9.18 Å². The summed E-state index contributed by atoms with van der Waals surface area (Å²) in [4.78, 5) is 40.2. The van der Waals surface area contributed by atoms with E-state index in [1.54, 1.807) is 36.5 Å². The number of hydrogen-bond acceptors (Lipinski definition) is 8. The van der Waals surface area contributed by atoms with Crippen LogP contribution in [0.25, 0.3) is 6.08 Å². The molecule has 1 aliphatic heterocycles. The normalized spacial score (nSPS) is 12.9. The molecule has 11 nitrogen and oxygen atoms in total. The Bertz CT molecular complexity index is 2180. The second-order valence-corrected chi connectivity index (χ2v) is 14.2. The van der Waals surface area contributed by atoms with Gasteiger partial charge < -0.3 is 29.3 Å². The second kappa shape index (κ2) is 21.0. The molecule has 5 aromatic rings. The Balaban J connectivity index is 0.000000992. The summed E-state index contributed by atoms with van der Waals surface area (Å²) in [6.07, 6.45) is 4.23. The minimum Gasteiger partial charge on any atom is -0.493 e. The SMILES string of the molecule is C/C(=C\c1cc(C)c(Oc2ccc(OCc3ccccc3Cl)cn2)c(Cl)c1)C(=O)N1CCN(Cc2ccc(CCOc3ccc(F)cc3)cc2)CC1.O=C(O)C(=O)O. The molecule has 0 aliphatic carbocycles. The number of rotatable bonds is 13. The Labute approximate surface area is 345 Å². The highest BCUT2D eigenvalue weighted by Gasteiger charge is 2.22. The van der Waals surface area contributed by atoms with Gasteiger partial charge in [-0.2, -0.15) is 0 Å². The van der Waals surface area contributed by atoms with Gasteiger partial charge in [0.15, 0.2) is 5.75 Å². The van der Waals surface area contributed by atoms with Gasteiger partial charge in [0.25, 0.3) is 0 Å². The first-order valence-electron chi connectivity index (χ1n) is 18.3. The fraction of sp³-hybridized carbons (Fsp3) is 0.227. The van der Waals surface area contributed by atoms with E-state index in [-0.39, 0.29) is 11.7 Å². The van der Waals surface area contributed by atoms with E-state index in [4.69, 9.17) is 57.2 Å². The quantitative estimate of drug-likeness (QED) is 0.0875. The van der Waals surface area contributed by atoms with E-state index in [1.165, 1.54) is 23.3 Å². The van der Waals surface area contributed by atoms with Crippen LogP contribution in [0.3, 0.4) is 0 Å². The predicted octanol–water partition coefficient (Wildman–Crippen LogP) is 8.73. The number of aryl methyl sites for hydroxylation is 1. The maximum atomic E-state index is 13.4. The molecule has 302 valence electrons. The molecule has 58 heavy (non-hydrogen) atoms. The molecule has 2 heterocycles. The van der Waals surface area contributed by atoms with Gasteiger partial charge in [0.05, 0.1) is 17.8 Å². The number of pyridine rings is 1. The standard InChI is InChI=1S/C42H40Cl2FN3O4.C2H2O4/c1-29-23-33(25-39(44)41(29)52-40-16-15-37(26-46-40)51-28-34-5-3-4-6-38(34)43)24-30(2)42(49)48-20-18-47(19-21-48)27-32-9-7-31(8-10-32)17-22-50-36-13-11-35(45)12-14-36;3-1(4)2(5)6/h3-16,23-26H,17-22,27-28H2,1-2H3;(H,3,4)(H,5,6)/b30-24+;. The molecule has 0 saturated carbocycles. The molecule has 0 radical (unpaired) electrons. The molecule has 1 amide bonds. The van der Waals surface area contributed by atoms with Gasteiger partial charge >= 0.3 is 11.9 Å². The zero-order valence-corrected chi connectivity index (χ0v) is 33.4. The summed E-state index contributed by atoms with van der Waals surface area (Å²) in [5, 5.41) is 15.9. The third kappa shape index (κ3) is 13.1. The van der Waals surface area contributed by atoms with Gasteiger partial charge in [0.1, 0.15) is 23.9 Å². The monoisotopic (exact) mass is 829 g/mol. The highest BCUT2D eigenvalue weighted by atomic mass is 35.5.